The van der Waals surface area contributed by atoms with Gasteiger partial charge in [-0.25, -0.2) is 4.98 Å². The molecule has 1 saturated carbocycles. The molecule has 6 nitrogen and oxygen atoms in total. The molecule has 0 radical (unpaired) electrons. The number of nitrogens with two attached hydrogens (primary N) is 1. The number of aromatic nitrogens is 3. The van der Waals surface area contributed by atoms with Crippen LogP contribution < -0.4 is 5.73 Å². The first-order valence-corrected chi connectivity index (χ1v) is 5.86. The molecule has 0 aliphatic heterocycles. The van der Waals surface area contributed by atoms with Gasteiger partial charge in [0.1, 0.15) is 18.2 Å². The van der Waals surface area contributed by atoms with Gasteiger partial charge in [0.2, 0.25) is 0 Å². The largest absolute Gasteiger partial charge is 0.468 e. The van der Waals surface area contributed by atoms with Gasteiger partial charge in [-0.2, -0.15) is 5.10 Å². The number of esters is 1. The van der Waals surface area contributed by atoms with Gasteiger partial charge in [0.05, 0.1) is 7.11 Å². The summed E-state index contributed by atoms with van der Waals surface area (Å²) >= 11 is 0. The molecule has 1 aromatic rings. The minimum Gasteiger partial charge on any atom is -0.468 e. The smallest absolute Gasteiger partial charge is 0.326 e. The third kappa shape index (κ3) is 2.31. The zero-order chi connectivity index (χ0) is 12.3. The van der Waals surface area contributed by atoms with Gasteiger partial charge in [0, 0.05) is 6.54 Å². The fourth-order valence-corrected chi connectivity index (χ4v) is 2.60. The van der Waals surface area contributed by atoms with Crippen molar-refractivity contribution in [3.05, 3.63) is 12.7 Å². The molecule has 0 aromatic carbocycles. The Bertz CT molecular complexity index is 379. The SMILES string of the molecule is COC(=O)C1(N)CCCC1CCn1cncn1. The fourth-order valence-electron chi connectivity index (χ4n) is 2.60. The van der Waals surface area contributed by atoms with Crippen LogP contribution in [0.5, 0.6) is 0 Å². The molecule has 17 heavy (non-hydrogen) atoms. The molecule has 0 spiro atoms. The maximum absolute atomic E-state index is 11.7. The number of ether oxygens (including phenoxy) is 1. The van der Waals surface area contributed by atoms with Gasteiger partial charge in [0.25, 0.3) is 0 Å². The number of rotatable bonds is 4. The van der Waals surface area contributed by atoms with Crippen molar-refractivity contribution in [1.29, 1.82) is 0 Å². The lowest BCUT2D eigenvalue weighted by molar-refractivity contribution is -0.148. The molecule has 2 rings (SSSR count). The van der Waals surface area contributed by atoms with E-state index in [9.17, 15) is 4.79 Å². The van der Waals surface area contributed by atoms with Gasteiger partial charge < -0.3 is 10.5 Å². The van der Waals surface area contributed by atoms with Crippen LogP contribution in [0.3, 0.4) is 0 Å². The van der Waals surface area contributed by atoms with Crippen LogP contribution in [-0.4, -0.2) is 33.4 Å². The Kier molecular flexibility index (Phi) is 3.42. The molecule has 1 aliphatic rings. The first-order chi connectivity index (χ1) is 8.16. The summed E-state index contributed by atoms with van der Waals surface area (Å²) in [6.45, 7) is 0.737. The molecular formula is C11H18N4O2. The molecule has 94 valence electrons. The first-order valence-electron chi connectivity index (χ1n) is 5.86. The Morgan fingerprint density at radius 3 is 3.18 bits per heavy atom. The maximum atomic E-state index is 11.7. The Hall–Kier alpha value is -1.43. The van der Waals surface area contributed by atoms with Gasteiger partial charge in [0.15, 0.2) is 0 Å². The van der Waals surface area contributed by atoms with Crippen molar-refractivity contribution in [2.45, 2.75) is 37.8 Å². The van der Waals surface area contributed by atoms with E-state index in [-0.39, 0.29) is 11.9 Å². The summed E-state index contributed by atoms with van der Waals surface area (Å²) in [6.07, 6.45) is 6.67. The van der Waals surface area contributed by atoms with Gasteiger partial charge >= 0.3 is 5.97 Å². The number of hydrogen-bond donors (Lipinski definition) is 1. The van der Waals surface area contributed by atoms with E-state index < -0.39 is 5.54 Å². The molecule has 6 heteroatoms. The highest BCUT2D eigenvalue weighted by atomic mass is 16.5. The highest BCUT2D eigenvalue weighted by Gasteiger charge is 2.46. The predicted molar refractivity (Wildman–Crippen MR) is 60.9 cm³/mol. The van der Waals surface area contributed by atoms with Crippen LogP contribution >= 0.6 is 0 Å². The summed E-state index contributed by atoms with van der Waals surface area (Å²) in [4.78, 5) is 15.6. The maximum Gasteiger partial charge on any atom is 0.326 e. The van der Waals surface area contributed by atoms with E-state index in [1.807, 2.05) is 0 Å². The quantitative estimate of drug-likeness (QED) is 0.765. The van der Waals surface area contributed by atoms with Gasteiger partial charge in [-0.05, 0) is 25.2 Å². The topological polar surface area (TPSA) is 83.0 Å². The molecule has 1 heterocycles. The zero-order valence-electron chi connectivity index (χ0n) is 10.0. The summed E-state index contributed by atoms with van der Waals surface area (Å²) in [5.74, 6) is -0.127. The number of aryl methyl sites for hydroxylation is 1. The van der Waals surface area contributed by atoms with Crippen molar-refractivity contribution >= 4 is 5.97 Å². The Labute approximate surface area is 100 Å². The zero-order valence-corrected chi connectivity index (χ0v) is 10.0. The van der Waals surface area contributed by atoms with E-state index in [4.69, 9.17) is 10.5 Å². The molecule has 0 amide bonds. The van der Waals surface area contributed by atoms with E-state index >= 15 is 0 Å². The van der Waals surface area contributed by atoms with Crippen molar-refractivity contribution < 1.29 is 9.53 Å². The molecule has 0 bridgehead atoms. The van der Waals surface area contributed by atoms with E-state index in [1.54, 1.807) is 11.0 Å². The molecule has 1 aliphatic carbocycles. The second-order valence-electron chi connectivity index (χ2n) is 4.57. The summed E-state index contributed by atoms with van der Waals surface area (Å²) in [6, 6.07) is 0. The van der Waals surface area contributed by atoms with Crippen LogP contribution in [0.4, 0.5) is 0 Å². The minimum atomic E-state index is -0.810. The fraction of sp³-hybridized carbons (Fsp3) is 0.727. The van der Waals surface area contributed by atoms with Crippen molar-refractivity contribution in [3.8, 4) is 0 Å². The normalized spacial score (nSPS) is 28.2. The Balaban J connectivity index is 1.97. The molecular weight excluding hydrogens is 220 g/mol. The van der Waals surface area contributed by atoms with E-state index in [1.165, 1.54) is 13.4 Å². The number of methoxy groups -OCH3 is 1. The van der Waals surface area contributed by atoms with Crippen LogP contribution in [0.2, 0.25) is 0 Å². The Morgan fingerprint density at radius 1 is 1.71 bits per heavy atom. The summed E-state index contributed by atoms with van der Waals surface area (Å²) in [5, 5.41) is 4.04. The highest BCUT2D eigenvalue weighted by molar-refractivity contribution is 5.81. The molecule has 1 fully saturated rings. The van der Waals surface area contributed by atoms with Crippen LogP contribution in [0, 0.1) is 5.92 Å². The van der Waals surface area contributed by atoms with Gasteiger partial charge in [-0.15, -0.1) is 0 Å². The van der Waals surface area contributed by atoms with Gasteiger partial charge in [-0.1, -0.05) is 6.42 Å². The highest BCUT2D eigenvalue weighted by Crippen LogP contribution is 2.37. The van der Waals surface area contributed by atoms with Crippen LogP contribution in [0.1, 0.15) is 25.7 Å². The second kappa shape index (κ2) is 4.83. The number of carbonyl (C=O) groups is 1. The number of carbonyl (C=O) groups excluding carboxylic acids is 1. The summed E-state index contributed by atoms with van der Waals surface area (Å²) < 4.78 is 6.57. The number of hydrogen-bond acceptors (Lipinski definition) is 5. The lowest BCUT2D eigenvalue weighted by Gasteiger charge is -2.28. The summed E-state index contributed by atoms with van der Waals surface area (Å²) in [5.41, 5.74) is 5.37. The van der Waals surface area contributed by atoms with E-state index in [0.29, 0.717) is 6.42 Å². The van der Waals surface area contributed by atoms with E-state index in [0.717, 1.165) is 25.8 Å². The lowest BCUT2D eigenvalue weighted by Crippen LogP contribution is -2.51. The lowest BCUT2D eigenvalue weighted by atomic mass is 9.85. The second-order valence-corrected chi connectivity index (χ2v) is 4.57. The number of nitrogens with zero attached hydrogens (tertiary/aromatic N) is 3. The Morgan fingerprint density at radius 2 is 2.53 bits per heavy atom. The van der Waals surface area contributed by atoms with Crippen molar-refractivity contribution in [3.63, 3.8) is 0 Å². The van der Waals surface area contributed by atoms with Crippen LogP contribution in [0.25, 0.3) is 0 Å². The van der Waals surface area contributed by atoms with Crippen molar-refractivity contribution in [1.82, 2.24) is 14.8 Å². The molecule has 1 aromatic heterocycles. The molecule has 2 atom stereocenters. The summed E-state index contributed by atoms with van der Waals surface area (Å²) in [7, 11) is 1.39. The van der Waals surface area contributed by atoms with Crippen LogP contribution in [0.15, 0.2) is 12.7 Å². The first kappa shape index (κ1) is 12.0. The molecule has 2 N–H and O–H groups in total. The third-order valence-corrected chi connectivity index (χ3v) is 3.61. The predicted octanol–water partition coefficient (Wildman–Crippen LogP) is 0.339. The molecule has 0 saturated heterocycles. The van der Waals surface area contributed by atoms with Crippen molar-refractivity contribution in [2.75, 3.05) is 7.11 Å². The van der Waals surface area contributed by atoms with Crippen LogP contribution in [-0.2, 0) is 16.1 Å². The third-order valence-electron chi connectivity index (χ3n) is 3.61. The minimum absolute atomic E-state index is 0.166. The molecule has 2 unspecified atom stereocenters. The van der Waals surface area contributed by atoms with E-state index in [2.05, 4.69) is 10.1 Å². The monoisotopic (exact) mass is 238 g/mol. The average Bonchev–Trinajstić information content (AvgIpc) is 2.95. The average molecular weight is 238 g/mol. The van der Waals surface area contributed by atoms with Crippen molar-refractivity contribution in [2.24, 2.45) is 11.7 Å². The van der Waals surface area contributed by atoms with Gasteiger partial charge in [-0.3, -0.25) is 9.48 Å². The standard InChI is InChI=1S/C11H18N4O2/c1-17-10(16)11(12)5-2-3-9(11)4-6-15-8-13-7-14-15/h7-9H,2-6,12H2,1H3.